The Kier molecular flexibility index (Phi) is 5.55. The molecule has 6 nitrogen and oxygen atoms in total. The second-order valence-electron chi connectivity index (χ2n) is 5.89. The number of carbonyl (C=O) groups is 1. The summed E-state index contributed by atoms with van der Waals surface area (Å²) in [7, 11) is 3.10. The van der Waals surface area contributed by atoms with Gasteiger partial charge in [0.1, 0.15) is 11.5 Å². The molecule has 1 aliphatic rings. The summed E-state index contributed by atoms with van der Waals surface area (Å²) in [4.78, 5) is 18.8. The van der Waals surface area contributed by atoms with Gasteiger partial charge in [0.05, 0.1) is 32.4 Å². The average molecular weight is 362 g/mol. The molecule has 0 N–H and O–H groups in total. The van der Waals surface area contributed by atoms with Gasteiger partial charge >= 0.3 is 0 Å². The third-order valence-electron chi connectivity index (χ3n) is 4.10. The largest absolute Gasteiger partial charge is 0.497 e. The molecule has 1 aromatic heterocycles. The van der Waals surface area contributed by atoms with E-state index in [9.17, 15) is 4.79 Å². The molecular formula is C18H22N2O4S. The first-order valence-corrected chi connectivity index (χ1v) is 9.02. The third kappa shape index (κ3) is 4.11. The number of methoxy groups -OCH3 is 2. The molecule has 1 atom stereocenters. The number of carbonyl (C=O) groups excluding carboxylic acids is 1. The maximum atomic E-state index is 12.7. The topological polar surface area (TPSA) is 62.0 Å². The molecule has 1 aromatic carbocycles. The fraction of sp³-hybridized carbons (Fsp3) is 0.444. The maximum absolute atomic E-state index is 12.7. The Hall–Kier alpha value is -2.12. The molecule has 7 heteroatoms. The van der Waals surface area contributed by atoms with Gasteiger partial charge in [-0.2, -0.15) is 4.99 Å². The quantitative estimate of drug-likeness (QED) is 0.821. The standard InChI is InChI=1S/C18H22N2O4S/c1-12-10-20(11-14-5-4-8-24-14)18(25-12)19-17(21)15-7-6-13(22-2)9-16(15)23-3/h6-7,9-10,14H,4-5,8,11H2,1-3H3. The third-order valence-corrected chi connectivity index (χ3v) is 5.03. The Morgan fingerprint density at radius 2 is 2.24 bits per heavy atom. The molecule has 2 heterocycles. The second kappa shape index (κ2) is 7.84. The van der Waals surface area contributed by atoms with Crippen LogP contribution in [0.4, 0.5) is 0 Å². The Labute approximate surface area is 150 Å². The van der Waals surface area contributed by atoms with E-state index < -0.39 is 0 Å². The predicted octanol–water partition coefficient (Wildman–Crippen LogP) is 2.80. The monoisotopic (exact) mass is 362 g/mol. The van der Waals surface area contributed by atoms with Crippen LogP contribution in [0.2, 0.25) is 0 Å². The lowest BCUT2D eigenvalue weighted by Gasteiger charge is -2.10. The van der Waals surface area contributed by atoms with Crippen molar-refractivity contribution < 1.29 is 19.0 Å². The van der Waals surface area contributed by atoms with Crippen LogP contribution in [0.5, 0.6) is 11.5 Å². The van der Waals surface area contributed by atoms with Crippen molar-refractivity contribution in [1.82, 2.24) is 4.57 Å². The first-order chi connectivity index (χ1) is 12.1. The lowest BCUT2D eigenvalue weighted by atomic mass is 10.2. The highest BCUT2D eigenvalue weighted by Gasteiger charge is 2.18. The van der Waals surface area contributed by atoms with Crippen molar-refractivity contribution in [2.45, 2.75) is 32.4 Å². The van der Waals surface area contributed by atoms with Crippen molar-refractivity contribution in [3.63, 3.8) is 0 Å². The lowest BCUT2D eigenvalue weighted by Crippen LogP contribution is -2.23. The van der Waals surface area contributed by atoms with Crippen LogP contribution >= 0.6 is 11.3 Å². The van der Waals surface area contributed by atoms with E-state index in [4.69, 9.17) is 14.2 Å². The molecule has 1 fully saturated rings. The Bertz CT molecular complexity index is 819. The van der Waals surface area contributed by atoms with Crippen molar-refractivity contribution in [3.05, 3.63) is 39.6 Å². The summed E-state index contributed by atoms with van der Waals surface area (Å²) < 4.78 is 18.2. The van der Waals surface area contributed by atoms with Gasteiger partial charge in [-0.1, -0.05) is 0 Å². The van der Waals surface area contributed by atoms with Crippen molar-refractivity contribution in [2.75, 3.05) is 20.8 Å². The van der Waals surface area contributed by atoms with E-state index in [-0.39, 0.29) is 12.0 Å². The van der Waals surface area contributed by atoms with Crippen molar-refractivity contribution in [3.8, 4) is 11.5 Å². The molecule has 1 saturated heterocycles. The highest BCUT2D eigenvalue weighted by atomic mass is 32.1. The SMILES string of the molecule is COc1ccc(C(=O)N=c2sc(C)cn2CC2CCCO2)c(OC)c1. The highest BCUT2D eigenvalue weighted by molar-refractivity contribution is 7.09. The molecule has 1 amide bonds. The number of benzene rings is 1. The van der Waals surface area contributed by atoms with Gasteiger partial charge < -0.3 is 18.8 Å². The van der Waals surface area contributed by atoms with Gasteiger partial charge in [-0.05, 0) is 31.9 Å². The van der Waals surface area contributed by atoms with Crippen LogP contribution in [0, 0.1) is 6.92 Å². The van der Waals surface area contributed by atoms with E-state index in [0.717, 1.165) is 30.9 Å². The fourth-order valence-corrected chi connectivity index (χ4v) is 3.69. The Morgan fingerprint density at radius 1 is 1.40 bits per heavy atom. The van der Waals surface area contributed by atoms with Crippen molar-refractivity contribution in [1.29, 1.82) is 0 Å². The van der Waals surface area contributed by atoms with Crippen LogP contribution in [-0.2, 0) is 11.3 Å². The minimum absolute atomic E-state index is 0.193. The Balaban J connectivity index is 1.91. The van der Waals surface area contributed by atoms with E-state index >= 15 is 0 Å². The molecule has 0 spiro atoms. The van der Waals surface area contributed by atoms with Gasteiger partial charge in [0, 0.05) is 23.7 Å². The van der Waals surface area contributed by atoms with E-state index in [0.29, 0.717) is 21.9 Å². The molecule has 2 aromatic rings. The molecule has 1 aliphatic heterocycles. The summed E-state index contributed by atoms with van der Waals surface area (Å²) in [6, 6.07) is 5.09. The number of aryl methyl sites for hydroxylation is 1. The van der Waals surface area contributed by atoms with Gasteiger partial charge in [-0.25, -0.2) is 0 Å². The number of hydrogen-bond acceptors (Lipinski definition) is 5. The summed E-state index contributed by atoms with van der Waals surface area (Å²) in [5.41, 5.74) is 0.415. The molecule has 1 unspecified atom stereocenters. The zero-order valence-electron chi connectivity index (χ0n) is 14.7. The number of thiazole rings is 1. The molecule has 0 saturated carbocycles. The number of hydrogen-bond donors (Lipinski definition) is 0. The predicted molar refractivity (Wildman–Crippen MR) is 95.5 cm³/mol. The van der Waals surface area contributed by atoms with E-state index in [1.54, 1.807) is 25.3 Å². The summed E-state index contributed by atoms with van der Waals surface area (Å²) in [6.07, 6.45) is 4.34. The molecule has 0 aliphatic carbocycles. The molecule has 0 bridgehead atoms. The van der Waals surface area contributed by atoms with Gasteiger partial charge in [0.25, 0.3) is 5.91 Å². The van der Waals surface area contributed by atoms with Crippen LogP contribution in [-0.4, -0.2) is 37.4 Å². The number of rotatable bonds is 5. The number of nitrogens with zero attached hydrogens (tertiary/aromatic N) is 2. The van der Waals surface area contributed by atoms with Crippen LogP contribution in [0.25, 0.3) is 0 Å². The van der Waals surface area contributed by atoms with Crippen LogP contribution < -0.4 is 14.3 Å². The highest BCUT2D eigenvalue weighted by Crippen LogP contribution is 2.25. The van der Waals surface area contributed by atoms with Crippen molar-refractivity contribution in [2.24, 2.45) is 4.99 Å². The first-order valence-electron chi connectivity index (χ1n) is 8.20. The molecule has 3 rings (SSSR count). The number of aromatic nitrogens is 1. The second-order valence-corrected chi connectivity index (χ2v) is 7.11. The van der Waals surface area contributed by atoms with E-state index in [1.807, 2.05) is 17.7 Å². The zero-order valence-corrected chi connectivity index (χ0v) is 15.5. The molecule has 25 heavy (non-hydrogen) atoms. The van der Waals surface area contributed by atoms with Crippen LogP contribution in [0.3, 0.4) is 0 Å². The van der Waals surface area contributed by atoms with E-state index in [2.05, 4.69) is 4.99 Å². The zero-order chi connectivity index (χ0) is 17.8. The summed E-state index contributed by atoms with van der Waals surface area (Å²) in [5.74, 6) is 0.753. The van der Waals surface area contributed by atoms with Gasteiger partial charge in [-0.3, -0.25) is 4.79 Å². The molecule has 0 radical (unpaired) electrons. The Morgan fingerprint density at radius 3 is 2.92 bits per heavy atom. The lowest BCUT2D eigenvalue weighted by molar-refractivity contribution is 0.0949. The smallest absolute Gasteiger partial charge is 0.283 e. The normalized spacial score (nSPS) is 17.7. The van der Waals surface area contributed by atoms with Gasteiger partial charge in [0.15, 0.2) is 4.80 Å². The van der Waals surface area contributed by atoms with Gasteiger partial charge in [0.2, 0.25) is 0 Å². The fourth-order valence-electron chi connectivity index (χ4n) is 2.85. The molecule has 134 valence electrons. The maximum Gasteiger partial charge on any atom is 0.283 e. The summed E-state index contributed by atoms with van der Waals surface area (Å²) in [5, 5.41) is 0. The average Bonchev–Trinajstić information content (AvgIpc) is 3.24. The number of ether oxygens (including phenoxy) is 3. The van der Waals surface area contributed by atoms with Crippen LogP contribution in [0.1, 0.15) is 28.1 Å². The first kappa shape index (κ1) is 17.7. The van der Waals surface area contributed by atoms with Gasteiger partial charge in [-0.15, -0.1) is 11.3 Å². The summed E-state index contributed by atoms with van der Waals surface area (Å²) in [6.45, 7) is 3.53. The van der Waals surface area contributed by atoms with Crippen LogP contribution in [0.15, 0.2) is 29.4 Å². The van der Waals surface area contributed by atoms with E-state index in [1.165, 1.54) is 18.4 Å². The van der Waals surface area contributed by atoms with Crippen molar-refractivity contribution >= 4 is 17.2 Å². The molecular weight excluding hydrogens is 340 g/mol. The summed E-state index contributed by atoms with van der Waals surface area (Å²) >= 11 is 1.50. The minimum Gasteiger partial charge on any atom is -0.497 e. The minimum atomic E-state index is -0.331. The number of amides is 1.